The van der Waals surface area contributed by atoms with Gasteiger partial charge in [-0.25, -0.2) is 9.78 Å². The third-order valence-electron chi connectivity index (χ3n) is 4.05. The number of amides is 1. The molecule has 0 fully saturated rings. The number of aliphatic hydroxyl groups is 1. The van der Waals surface area contributed by atoms with E-state index < -0.39 is 6.09 Å². The summed E-state index contributed by atoms with van der Waals surface area (Å²) >= 11 is 14.0. The molecule has 1 amide bonds. The topological polar surface area (TPSA) is 114 Å². The number of benzene rings is 1. The first-order valence-electron chi connectivity index (χ1n) is 9.42. The molecule has 0 aliphatic carbocycles. The third kappa shape index (κ3) is 7.74. The van der Waals surface area contributed by atoms with E-state index in [0.717, 1.165) is 27.0 Å². The molecule has 0 spiro atoms. The lowest BCUT2D eigenvalue weighted by atomic mass is 10.1. The minimum absolute atomic E-state index is 0.0536. The Labute approximate surface area is 195 Å². The molecule has 31 heavy (non-hydrogen) atoms. The molecule has 0 aliphatic heterocycles. The number of aliphatic hydroxyl groups excluding tert-OH is 1. The predicted octanol–water partition coefficient (Wildman–Crippen LogP) is 5.07. The Kier molecular flexibility index (Phi) is 9.64. The van der Waals surface area contributed by atoms with Gasteiger partial charge in [0.25, 0.3) is 0 Å². The minimum atomic E-state index is -1.33. The van der Waals surface area contributed by atoms with Gasteiger partial charge in [-0.2, -0.15) is 0 Å². The summed E-state index contributed by atoms with van der Waals surface area (Å²) in [6.07, 6.45) is 2.73. The predicted molar refractivity (Wildman–Crippen MR) is 123 cm³/mol. The van der Waals surface area contributed by atoms with Crippen LogP contribution in [0.2, 0.25) is 10.0 Å². The molecule has 2 aromatic heterocycles. The fourth-order valence-electron chi connectivity index (χ4n) is 2.81. The highest BCUT2D eigenvalue weighted by Gasteiger charge is 2.21. The van der Waals surface area contributed by atoms with E-state index in [1.807, 2.05) is 24.3 Å². The highest BCUT2D eigenvalue weighted by molar-refractivity contribution is 7.99. The summed E-state index contributed by atoms with van der Waals surface area (Å²) in [6, 6.07) is 9.50. The van der Waals surface area contributed by atoms with Gasteiger partial charge in [-0.3, -0.25) is 4.98 Å². The average molecular weight is 483 g/mol. The van der Waals surface area contributed by atoms with E-state index in [1.54, 1.807) is 30.2 Å². The molecule has 10 heteroatoms. The van der Waals surface area contributed by atoms with Crippen LogP contribution in [0, 0.1) is 0 Å². The molecule has 0 atom stereocenters. The molecule has 0 saturated carbocycles. The molecule has 166 valence electrons. The standard InChI is InChI=1S/C20H21Cl2N3OS.CH3NO2/c1-13(2)19-20(27-17-10-15(21)9-16(22)11-17)25(18(24-19)5-8-26)12-14-3-6-23-7-4-14;2-1(3)4/h3-4,6-7,9-11,13,26H,5,8,12H2,1-2H3;2H2,(H,3,4). The molecular weight excluding hydrogens is 459 g/mol. The van der Waals surface area contributed by atoms with Gasteiger partial charge in [0.15, 0.2) is 0 Å². The first-order chi connectivity index (χ1) is 14.7. The molecule has 0 saturated heterocycles. The summed E-state index contributed by atoms with van der Waals surface area (Å²) in [4.78, 5) is 18.7. The van der Waals surface area contributed by atoms with Crippen molar-refractivity contribution in [1.82, 2.24) is 14.5 Å². The van der Waals surface area contributed by atoms with Crippen LogP contribution in [0.1, 0.15) is 36.8 Å². The number of halogens is 2. The Morgan fingerprint density at radius 3 is 2.29 bits per heavy atom. The fraction of sp³-hybridized carbons (Fsp3) is 0.286. The van der Waals surface area contributed by atoms with Crippen molar-refractivity contribution in [2.75, 3.05) is 6.61 Å². The summed E-state index contributed by atoms with van der Waals surface area (Å²) in [5.41, 5.74) is 6.16. The smallest absolute Gasteiger partial charge is 0.402 e. The lowest BCUT2D eigenvalue weighted by Gasteiger charge is -2.13. The second-order valence-electron chi connectivity index (χ2n) is 6.83. The number of nitrogens with two attached hydrogens (primary N) is 1. The van der Waals surface area contributed by atoms with E-state index in [0.29, 0.717) is 23.0 Å². The highest BCUT2D eigenvalue weighted by atomic mass is 35.5. The molecule has 0 bridgehead atoms. The Morgan fingerprint density at radius 2 is 1.77 bits per heavy atom. The highest BCUT2D eigenvalue weighted by Crippen LogP contribution is 2.37. The maximum Gasteiger partial charge on any atom is 0.402 e. The van der Waals surface area contributed by atoms with Gasteiger partial charge in [0.2, 0.25) is 0 Å². The summed E-state index contributed by atoms with van der Waals surface area (Å²) in [6.45, 7) is 4.96. The molecule has 3 rings (SSSR count). The van der Waals surface area contributed by atoms with Crippen LogP contribution >= 0.6 is 35.0 Å². The largest absolute Gasteiger partial charge is 0.465 e. The molecule has 0 unspecified atom stereocenters. The van der Waals surface area contributed by atoms with E-state index in [-0.39, 0.29) is 12.5 Å². The molecule has 0 aliphatic rings. The maximum atomic E-state index is 9.51. The Hall–Kier alpha value is -2.26. The molecule has 7 nitrogen and oxygen atoms in total. The zero-order valence-corrected chi connectivity index (χ0v) is 19.5. The van der Waals surface area contributed by atoms with Crippen LogP contribution in [0.25, 0.3) is 0 Å². The van der Waals surface area contributed by atoms with Gasteiger partial charge in [0, 0.05) is 40.3 Å². The van der Waals surface area contributed by atoms with Crippen LogP contribution in [0.4, 0.5) is 4.79 Å². The number of hydrogen-bond donors (Lipinski definition) is 3. The summed E-state index contributed by atoms with van der Waals surface area (Å²) < 4.78 is 2.17. The van der Waals surface area contributed by atoms with E-state index in [4.69, 9.17) is 38.1 Å². The van der Waals surface area contributed by atoms with Crippen molar-refractivity contribution in [2.45, 2.75) is 42.7 Å². The van der Waals surface area contributed by atoms with Gasteiger partial charge in [0.1, 0.15) is 10.9 Å². The Morgan fingerprint density at radius 1 is 1.19 bits per heavy atom. The van der Waals surface area contributed by atoms with Crippen molar-refractivity contribution in [2.24, 2.45) is 5.73 Å². The monoisotopic (exact) mass is 482 g/mol. The van der Waals surface area contributed by atoms with Crippen LogP contribution in [-0.2, 0) is 13.0 Å². The lowest BCUT2D eigenvalue weighted by Crippen LogP contribution is -2.08. The zero-order valence-electron chi connectivity index (χ0n) is 17.1. The number of hydrogen-bond acceptors (Lipinski definition) is 5. The van der Waals surface area contributed by atoms with Crippen LogP contribution in [0.15, 0.2) is 52.6 Å². The Bertz CT molecular complexity index is 989. The van der Waals surface area contributed by atoms with Crippen LogP contribution < -0.4 is 5.73 Å². The third-order valence-corrected chi connectivity index (χ3v) is 5.58. The van der Waals surface area contributed by atoms with E-state index in [1.165, 1.54) is 0 Å². The number of primary amides is 1. The molecule has 2 heterocycles. The van der Waals surface area contributed by atoms with Crippen LogP contribution in [-0.4, -0.2) is 37.4 Å². The summed E-state index contributed by atoms with van der Waals surface area (Å²) in [7, 11) is 0. The van der Waals surface area contributed by atoms with Gasteiger partial charge < -0.3 is 20.5 Å². The van der Waals surface area contributed by atoms with Gasteiger partial charge in [-0.1, -0.05) is 48.8 Å². The van der Waals surface area contributed by atoms with E-state index in [2.05, 4.69) is 29.1 Å². The van der Waals surface area contributed by atoms with Gasteiger partial charge in [0.05, 0.1) is 12.3 Å². The Balaban J connectivity index is 0.000000785. The number of aromatic nitrogens is 3. The van der Waals surface area contributed by atoms with Crippen LogP contribution in [0.3, 0.4) is 0 Å². The molecular formula is C21H24Cl2N4O3S. The first-order valence-corrected chi connectivity index (χ1v) is 11.0. The number of carboxylic acid groups (broad SMARTS) is 1. The number of imidazole rings is 1. The molecule has 1 aromatic carbocycles. The van der Waals surface area contributed by atoms with Gasteiger partial charge in [-0.15, -0.1) is 0 Å². The quantitative estimate of drug-likeness (QED) is 0.433. The minimum Gasteiger partial charge on any atom is -0.465 e. The van der Waals surface area contributed by atoms with Crippen LogP contribution in [0.5, 0.6) is 0 Å². The van der Waals surface area contributed by atoms with Crippen molar-refractivity contribution in [1.29, 1.82) is 0 Å². The van der Waals surface area contributed by atoms with Crippen molar-refractivity contribution in [3.05, 3.63) is 69.9 Å². The number of nitrogens with zero attached hydrogens (tertiary/aromatic N) is 3. The normalized spacial score (nSPS) is 10.6. The van der Waals surface area contributed by atoms with E-state index >= 15 is 0 Å². The second kappa shape index (κ2) is 12.0. The van der Waals surface area contributed by atoms with Crippen molar-refractivity contribution in [3.8, 4) is 0 Å². The maximum absolute atomic E-state index is 9.51. The molecule has 3 aromatic rings. The van der Waals surface area contributed by atoms with Crippen molar-refractivity contribution < 1.29 is 15.0 Å². The average Bonchev–Trinajstić information content (AvgIpc) is 2.99. The fourth-order valence-corrected chi connectivity index (χ4v) is 4.73. The van der Waals surface area contributed by atoms with Crippen molar-refractivity contribution >= 4 is 41.1 Å². The number of rotatable bonds is 7. The molecule has 0 radical (unpaired) electrons. The molecule has 4 N–H and O–H groups in total. The van der Waals surface area contributed by atoms with E-state index in [9.17, 15) is 5.11 Å². The lowest BCUT2D eigenvalue weighted by molar-refractivity contribution is 0.205. The SMILES string of the molecule is CC(C)c1nc(CCO)n(Cc2ccncc2)c1Sc1cc(Cl)cc(Cl)c1.NC(=O)O. The van der Waals surface area contributed by atoms with Gasteiger partial charge in [-0.05, 0) is 41.8 Å². The number of pyridine rings is 1. The first kappa shape index (κ1) is 25.0. The number of carbonyl (C=O) groups is 1. The summed E-state index contributed by atoms with van der Waals surface area (Å²) in [5.74, 6) is 1.12. The van der Waals surface area contributed by atoms with Gasteiger partial charge >= 0.3 is 6.09 Å². The second-order valence-corrected chi connectivity index (χ2v) is 8.77. The summed E-state index contributed by atoms with van der Waals surface area (Å²) in [5, 5.41) is 19.0. The van der Waals surface area contributed by atoms with Crippen molar-refractivity contribution in [3.63, 3.8) is 0 Å². The zero-order chi connectivity index (χ0) is 23.0.